The molecule has 3 heterocycles. The number of nitrogen functional groups attached to an aromatic ring is 1. The Kier molecular flexibility index (Phi) is 18.4. The molecule has 2 aliphatic rings. The van der Waals surface area contributed by atoms with Gasteiger partial charge in [0, 0.05) is 62.3 Å². The van der Waals surface area contributed by atoms with Gasteiger partial charge in [-0.2, -0.15) is 4.98 Å². The standard InChI is InChI=1S/C17H30N4O2.C9H10N2O.C3H8.C2H6/c1-3-5-21(6-4-2)16-13-15(18)14-17(19-16)23-12-9-20-7-10-22-11-8-20;1-6-2-3-9-7(4-6)8(5-10)11-12-9;1-3-2;1-2/h13-14H,3-12H2,1-2H3,(H2,18,19);2-3,5-6,10H,4H2,1H3;3H2,1-2H3;1-2H3. The monoisotopic (exact) mass is 558 g/mol. The lowest BCUT2D eigenvalue weighted by atomic mass is 9.94. The van der Waals surface area contributed by atoms with Crippen molar-refractivity contribution in [3.8, 4) is 5.88 Å². The normalized spacial score (nSPS) is 15.7. The minimum atomic E-state index is 0.524. The van der Waals surface area contributed by atoms with E-state index in [1.54, 1.807) is 6.07 Å². The number of anilines is 2. The first-order chi connectivity index (χ1) is 19.4. The molecule has 40 heavy (non-hydrogen) atoms. The Bertz CT molecular complexity index is 966. The molecule has 0 aromatic carbocycles. The lowest BCUT2D eigenvalue weighted by Gasteiger charge is -2.26. The number of allylic oxidation sites excluding steroid dienone is 1. The molecule has 2 aromatic heterocycles. The molecular formula is C31H54N6O3. The van der Waals surface area contributed by atoms with E-state index in [1.807, 2.05) is 26.0 Å². The van der Waals surface area contributed by atoms with Gasteiger partial charge < -0.3 is 30.0 Å². The molecule has 9 heteroatoms. The second-order valence-corrected chi connectivity index (χ2v) is 9.69. The number of pyridine rings is 1. The summed E-state index contributed by atoms with van der Waals surface area (Å²) < 4.78 is 16.2. The number of fused-ring (bicyclic) bond motifs is 1. The molecule has 1 unspecified atom stereocenters. The second kappa shape index (κ2) is 20.9. The van der Waals surface area contributed by atoms with Crippen molar-refractivity contribution in [1.82, 2.24) is 15.0 Å². The molecule has 9 nitrogen and oxygen atoms in total. The van der Waals surface area contributed by atoms with Gasteiger partial charge in [0.2, 0.25) is 5.88 Å². The van der Waals surface area contributed by atoms with Gasteiger partial charge in [-0.15, -0.1) is 0 Å². The molecule has 1 atom stereocenters. The van der Waals surface area contributed by atoms with Gasteiger partial charge in [-0.25, -0.2) is 0 Å². The number of hydrogen-bond acceptors (Lipinski definition) is 9. The van der Waals surface area contributed by atoms with Crippen LogP contribution < -0.4 is 15.4 Å². The summed E-state index contributed by atoms with van der Waals surface area (Å²) in [6.45, 7) is 21.8. The fraction of sp³-hybridized carbons (Fsp3) is 0.645. The average Bonchev–Trinajstić information content (AvgIpc) is 3.37. The summed E-state index contributed by atoms with van der Waals surface area (Å²) in [5.41, 5.74) is 8.47. The van der Waals surface area contributed by atoms with Crippen LogP contribution in [-0.2, 0) is 11.2 Å². The van der Waals surface area contributed by atoms with Crippen LogP contribution in [-0.4, -0.2) is 73.8 Å². The summed E-state index contributed by atoms with van der Waals surface area (Å²) in [5, 5.41) is 10.9. The van der Waals surface area contributed by atoms with Crippen molar-refractivity contribution < 1.29 is 14.0 Å². The number of ether oxygens (including phenoxy) is 2. The molecule has 226 valence electrons. The molecule has 1 fully saturated rings. The third-order valence-corrected chi connectivity index (χ3v) is 5.97. The van der Waals surface area contributed by atoms with Gasteiger partial charge in [0.1, 0.15) is 18.1 Å². The highest BCUT2D eigenvalue weighted by molar-refractivity contribution is 5.78. The summed E-state index contributed by atoms with van der Waals surface area (Å²) in [6, 6.07) is 3.74. The van der Waals surface area contributed by atoms with Crippen LogP contribution in [0.2, 0.25) is 0 Å². The lowest BCUT2D eigenvalue weighted by molar-refractivity contribution is 0.0320. The largest absolute Gasteiger partial charge is 0.476 e. The second-order valence-electron chi connectivity index (χ2n) is 9.69. The highest BCUT2D eigenvalue weighted by atomic mass is 16.5. The van der Waals surface area contributed by atoms with Crippen molar-refractivity contribution in [3.05, 3.63) is 35.2 Å². The molecule has 0 spiro atoms. The van der Waals surface area contributed by atoms with E-state index in [2.05, 4.69) is 60.6 Å². The molecule has 0 radical (unpaired) electrons. The first kappa shape index (κ1) is 35.1. The minimum absolute atomic E-state index is 0.524. The molecule has 1 saturated heterocycles. The highest BCUT2D eigenvalue weighted by Gasteiger charge is 2.18. The van der Waals surface area contributed by atoms with Gasteiger partial charge in [0.25, 0.3) is 0 Å². The molecule has 2 aromatic rings. The maximum absolute atomic E-state index is 7.09. The summed E-state index contributed by atoms with van der Waals surface area (Å²) >= 11 is 0. The molecule has 1 aliphatic carbocycles. The Morgan fingerprint density at radius 2 is 1.77 bits per heavy atom. The molecular weight excluding hydrogens is 504 g/mol. The Morgan fingerprint density at radius 1 is 1.12 bits per heavy atom. The summed E-state index contributed by atoms with van der Waals surface area (Å²) in [7, 11) is 0. The van der Waals surface area contributed by atoms with Gasteiger partial charge >= 0.3 is 0 Å². The van der Waals surface area contributed by atoms with Crippen molar-refractivity contribution in [2.24, 2.45) is 5.92 Å². The maximum atomic E-state index is 7.09. The lowest BCUT2D eigenvalue weighted by Crippen LogP contribution is -2.38. The van der Waals surface area contributed by atoms with Gasteiger partial charge in [-0.1, -0.05) is 66.1 Å². The third-order valence-electron chi connectivity index (χ3n) is 5.97. The van der Waals surface area contributed by atoms with Crippen LogP contribution in [0.3, 0.4) is 0 Å². The van der Waals surface area contributed by atoms with E-state index in [0.717, 1.165) is 82.3 Å². The zero-order valence-electron chi connectivity index (χ0n) is 26.0. The van der Waals surface area contributed by atoms with Crippen LogP contribution >= 0.6 is 0 Å². The van der Waals surface area contributed by atoms with Crippen LogP contribution in [0.15, 0.2) is 22.7 Å². The number of morpholine rings is 1. The highest BCUT2D eigenvalue weighted by Crippen LogP contribution is 2.24. The number of hydrogen-bond donors (Lipinski definition) is 2. The topological polar surface area (TPSA) is 114 Å². The van der Waals surface area contributed by atoms with Gasteiger partial charge in [-0.05, 0) is 31.3 Å². The molecule has 0 amide bonds. The van der Waals surface area contributed by atoms with E-state index >= 15 is 0 Å². The Morgan fingerprint density at radius 3 is 2.38 bits per heavy atom. The van der Waals surface area contributed by atoms with Crippen LogP contribution in [0.25, 0.3) is 6.08 Å². The first-order valence-corrected chi connectivity index (χ1v) is 15.1. The fourth-order valence-electron chi connectivity index (χ4n) is 4.16. The first-order valence-electron chi connectivity index (χ1n) is 15.1. The summed E-state index contributed by atoms with van der Waals surface area (Å²) in [6.07, 6.45) is 9.63. The SMILES string of the molecule is CC.CC1C=Cc2onc(C=N)c2C1.CCC.CCCN(CCC)c1cc(N)cc(OCCN2CCOCC2)n1. The number of rotatable bonds is 10. The molecule has 0 saturated carbocycles. The predicted molar refractivity (Wildman–Crippen MR) is 168 cm³/mol. The van der Waals surface area contributed by atoms with Crippen LogP contribution in [0.4, 0.5) is 11.5 Å². The van der Waals surface area contributed by atoms with Crippen molar-refractivity contribution in [2.45, 2.75) is 74.1 Å². The van der Waals surface area contributed by atoms with E-state index in [0.29, 0.717) is 29.8 Å². The van der Waals surface area contributed by atoms with Gasteiger partial charge in [-0.3, -0.25) is 4.90 Å². The van der Waals surface area contributed by atoms with Crippen molar-refractivity contribution in [2.75, 3.05) is 63.2 Å². The zero-order valence-corrected chi connectivity index (χ0v) is 26.0. The minimum Gasteiger partial charge on any atom is -0.476 e. The number of nitrogens with two attached hydrogens (primary N) is 1. The van der Waals surface area contributed by atoms with E-state index in [9.17, 15) is 0 Å². The smallest absolute Gasteiger partial charge is 0.217 e. The van der Waals surface area contributed by atoms with Crippen molar-refractivity contribution >= 4 is 23.8 Å². The number of nitrogens with one attached hydrogen (secondary N) is 1. The summed E-state index contributed by atoms with van der Waals surface area (Å²) in [5.74, 6) is 2.86. The zero-order chi connectivity index (χ0) is 29.8. The van der Waals surface area contributed by atoms with E-state index in [1.165, 1.54) is 12.6 Å². The van der Waals surface area contributed by atoms with E-state index in [4.69, 9.17) is 25.1 Å². The van der Waals surface area contributed by atoms with Crippen molar-refractivity contribution in [3.63, 3.8) is 0 Å². The molecule has 0 bridgehead atoms. The quantitative estimate of drug-likeness (QED) is 0.326. The van der Waals surface area contributed by atoms with Crippen molar-refractivity contribution in [1.29, 1.82) is 5.41 Å². The molecule has 4 rings (SSSR count). The van der Waals surface area contributed by atoms with E-state index < -0.39 is 0 Å². The van der Waals surface area contributed by atoms with Crippen LogP contribution in [0.5, 0.6) is 5.88 Å². The Hall–Kier alpha value is -2.91. The van der Waals surface area contributed by atoms with E-state index in [-0.39, 0.29) is 0 Å². The summed E-state index contributed by atoms with van der Waals surface area (Å²) in [4.78, 5) is 9.25. The predicted octanol–water partition coefficient (Wildman–Crippen LogP) is 6.32. The Labute approximate surface area is 242 Å². The number of nitrogens with zero attached hydrogens (tertiary/aromatic N) is 4. The van der Waals surface area contributed by atoms with Crippen LogP contribution in [0, 0.1) is 11.3 Å². The maximum Gasteiger partial charge on any atom is 0.217 e. The van der Waals surface area contributed by atoms with Gasteiger partial charge in [0.15, 0.2) is 5.76 Å². The average molecular weight is 559 g/mol. The molecule has 3 N–H and O–H groups in total. The fourth-order valence-corrected chi connectivity index (χ4v) is 4.16. The number of aromatic nitrogens is 2. The van der Waals surface area contributed by atoms with Gasteiger partial charge in [0.05, 0.1) is 13.2 Å². The van der Waals surface area contributed by atoms with Crippen LogP contribution in [0.1, 0.15) is 84.7 Å². The third kappa shape index (κ3) is 12.5. The molecule has 1 aliphatic heterocycles. The Balaban J connectivity index is 0.000000391.